The normalized spacial score (nSPS) is 23.1. The van der Waals surface area contributed by atoms with Crippen LogP contribution in [0.2, 0.25) is 0 Å². The molecule has 1 aromatic rings. The van der Waals surface area contributed by atoms with E-state index in [1.807, 2.05) is 0 Å². The largest absolute Gasteiger partial charge is 0.481 e. The number of aromatic nitrogens is 1. The van der Waals surface area contributed by atoms with E-state index < -0.39 is 36.4 Å². The van der Waals surface area contributed by atoms with Crippen LogP contribution in [-0.4, -0.2) is 46.3 Å². The van der Waals surface area contributed by atoms with Gasteiger partial charge in [0.1, 0.15) is 5.76 Å². The van der Waals surface area contributed by atoms with Crippen molar-refractivity contribution < 1.29 is 32.4 Å². The minimum absolute atomic E-state index is 0.133. The van der Waals surface area contributed by atoms with E-state index in [4.69, 9.17) is 5.11 Å². The first-order chi connectivity index (χ1) is 9.17. The van der Waals surface area contributed by atoms with E-state index in [0.29, 0.717) is 5.76 Å². The third-order valence-electron chi connectivity index (χ3n) is 3.36. The van der Waals surface area contributed by atoms with Gasteiger partial charge >= 0.3 is 12.1 Å². The molecule has 1 atom stereocenters. The number of aliphatic carboxylic acids is 1. The lowest BCUT2D eigenvalue weighted by atomic mass is 9.86. The van der Waals surface area contributed by atoms with Gasteiger partial charge in [0.25, 0.3) is 5.91 Å². The van der Waals surface area contributed by atoms with Gasteiger partial charge in [-0.15, -0.1) is 0 Å². The Labute approximate surface area is 111 Å². The van der Waals surface area contributed by atoms with Crippen molar-refractivity contribution in [1.82, 2.24) is 10.1 Å². The number of alkyl halides is 3. The summed E-state index contributed by atoms with van der Waals surface area (Å²) in [6, 6.07) is 1.29. The molecule has 0 aromatic carbocycles. The highest BCUT2D eigenvalue weighted by molar-refractivity contribution is 5.93. The quantitative estimate of drug-likeness (QED) is 0.892. The first-order valence-electron chi connectivity index (χ1n) is 5.70. The lowest BCUT2D eigenvalue weighted by Gasteiger charge is -2.26. The SMILES string of the molecule is Cc1cc(C(=O)N2CCC(C(=O)O)(C(F)(F)F)C2)no1. The molecule has 0 bridgehead atoms. The number of likely N-dealkylation sites (tertiary alicyclic amines) is 1. The summed E-state index contributed by atoms with van der Waals surface area (Å²) in [5.41, 5.74) is -3.05. The molecule has 6 nitrogen and oxygen atoms in total. The monoisotopic (exact) mass is 292 g/mol. The molecule has 1 amide bonds. The second-order valence-corrected chi connectivity index (χ2v) is 4.68. The third kappa shape index (κ3) is 2.12. The number of rotatable bonds is 2. The first kappa shape index (κ1) is 14.4. The Morgan fingerprint density at radius 3 is 2.55 bits per heavy atom. The fourth-order valence-corrected chi connectivity index (χ4v) is 2.14. The fourth-order valence-electron chi connectivity index (χ4n) is 2.14. The summed E-state index contributed by atoms with van der Waals surface area (Å²) in [5.74, 6) is -2.40. The van der Waals surface area contributed by atoms with E-state index in [1.54, 1.807) is 0 Å². The van der Waals surface area contributed by atoms with E-state index in [-0.39, 0.29) is 12.2 Å². The van der Waals surface area contributed by atoms with Gasteiger partial charge in [0.15, 0.2) is 11.1 Å². The Kier molecular flexibility index (Phi) is 3.23. The van der Waals surface area contributed by atoms with Crippen LogP contribution >= 0.6 is 0 Å². The van der Waals surface area contributed by atoms with Crippen molar-refractivity contribution in [3.63, 3.8) is 0 Å². The Morgan fingerprint density at radius 2 is 2.15 bits per heavy atom. The van der Waals surface area contributed by atoms with Crippen molar-refractivity contribution in [2.75, 3.05) is 13.1 Å². The molecule has 1 aliphatic rings. The van der Waals surface area contributed by atoms with Gasteiger partial charge in [-0.2, -0.15) is 13.2 Å². The van der Waals surface area contributed by atoms with Crippen LogP contribution in [0, 0.1) is 12.3 Å². The minimum Gasteiger partial charge on any atom is -0.481 e. The molecule has 2 rings (SSSR count). The third-order valence-corrected chi connectivity index (χ3v) is 3.36. The maximum Gasteiger partial charge on any atom is 0.406 e. The van der Waals surface area contributed by atoms with Crippen molar-refractivity contribution >= 4 is 11.9 Å². The van der Waals surface area contributed by atoms with Gasteiger partial charge in [-0.1, -0.05) is 5.16 Å². The molecule has 1 saturated heterocycles. The van der Waals surface area contributed by atoms with E-state index in [9.17, 15) is 22.8 Å². The van der Waals surface area contributed by atoms with E-state index in [0.717, 1.165) is 4.90 Å². The van der Waals surface area contributed by atoms with Gasteiger partial charge in [-0.25, -0.2) is 0 Å². The van der Waals surface area contributed by atoms with Crippen LogP contribution in [0.15, 0.2) is 10.6 Å². The number of hydrogen-bond acceptors (Lipinski definition) is 4. The van der Waals surface area contributed by atoms with Crippen LogP contribution in [0.3, 0.4) is 0 Å². The Morgan fingerprint density at radius 1 is 1.50 bits per heavy atom. The van der Waals surface area contributed by atoms with Gasteiger partial charge in [0.2, 0.25) is 0 Å². The summed E-state index contributed by atoms with van der Waals surface area (Å²) in [6.07, 6.45) is -5.60. The highest BCUT2D eigenvalue weighted by Gasteiger charge is 2.64. The first-order valence-corrected chi connectivity index (χ1v) is 5.70. The second kappa shape index (κ2) is 4.50. The van der Waals surface area contributed by atoms with Crippen molar-refractivity contribution in [1.29, 1.82) is 0 Å². The Balaban J connectivity index is 2.23. The molecule has 1 N–H and O–H groups in total. The summed E-state index contributed by atoms with van der Waals surface area (Å²) in [4.78, 5) is 23.8. The number of aryl methyl sites for hydroxylation is 1. The van der Waals surface area contributed by atoms with Crippen molar-refractivity contribution in [2.45, 2.75) is 19.5 Å². The number of amides is 1. The van der Waals surface area contributed by atoms with Crippen LogP contribution in [-0.2, 0) is 4.79 Å². The molecule has 9 heteroatoms. The minimum atomic E-state index is -4.92. The van der Waals surface area contributed by atoms with Crippen molar-refractivity contribution in [3.8, 4) is 0 Å². The van der Waals surface area contributed by atoms with Crippen LogP contribution in [0.1, 0.15) is 22.7 Å². The van der Waals surface area contributed by atoms with E-state index >= 15 is 0 Å². The van der Waals surface area contributed by atoms with Gasteiger partial charge in [-0.3, -0.25) is 9.59 Å². The van der Waals surface area contributed by atoms with Gasteiger partial charge in [0, 0.05) is 19.2 Å². The standard InChI is InChI=1S/C11H11F3N2O4/c1-6-4-7(15-20-6)8(17)16-3-2-10(5-16,9(18)19)11(12,13)14/h4H,2-3,5H2,1H3,(H,18,19). The number of halogens is 3. The van der Waals surface area contributed by atoms with E-state index in [1.165, 1.54) is 13.0 Å². The lowest BCUT2D eigenvalue weighted by molar-refractivity contribution is -0.227. The topological polar surface area (TPSA) is 83.6 Å². The Hall–Kier alpha value is -2.06. The maximum absolute atomic E-state index is 13.0. The molecule has 0 spiro atoms. The zero-order chi connectivity index (χ0) is 15.1. The zero-order valence-corrected chi connectivity index (χ0v) is 10.4. The van der Waals surface area contributed by atoms with Gasteiger partial charge in [0.05, 0.1) is 0 Å². The summed E-state index contributed by atoms with van der Waals surface area (Å²) in [6.45, 7) is 0.318. The number of carbonyl (C=O) groups is 2. The smallest absolute Gasteiger partial charge is 0.406 e. The van der Waals surface area contributed by atoms with Crippen LogP contribution in [0.5, 0.6) is 0 Å². The van der Waals surface area contributed by atoms with Crippen LogP contribution in [0.25, 0.3) is 0 Å². The molecule has 0 radical (unpaired) electrons. The molecule has 110 valence electrons. The van der Waals surface area contributed by atoms with Gasteiger partial charge in [-0.05, 0) is 13.3 Å². The molecular weight excluding hydrogens is 281 g/mol. The van der Waals surface area contributed by atoms with Crippen molar-refractivity contribution in [3.05, 3.63) is 17.5 Å². The summed E-state index contributed by atoms with van der Waals surface area (Å²) in [7, 11) is 0. The molecule has 0 aliphatic carbocycles. The average Bonchev–Trinajstić information content (AvgIpc) is 2.93. The summed E-state index contributed by atoms with van der Waals surface area (Å²) >= 11 is 0. The number of hydrogen-bond donors (Lipinski definition) is 1. The zero-order valence-electron chi connectivity index (χ0n) is 10.4. The summed E-state index contributed by atoms with van der Waals surface area (Å²) in [5, 5.41) is 12.3. The fraction of sp³-hybridized carbons (Fsp3) is 0.545. The van der Waals surface area contributed by atoms with Crippen LogP contribution in [0.4, 0.5) is 13.2 Å². The van der Waals surface area contributed by atoms with E-state index in [2.05, 4.69) is 9.68 Å². The predicted octanol–water partition coefficient (Wildman–Crippen LogP) is 1.46. The highest BCUT2D eigenvalue weighted by Crippen LogP contribution is 2.45. The number of carboxylic acid groups (broad SMARTS) is 1. The highest BCUT2D eigenvalue weighted by atomic mass is 19.4. The van der Waals surface area contributed by atoms with Gasteiger partial charge < -0.3 is 14.5 Å². The molecule has 2 heterocycles. The summed E-state index contributed by atoms with van der Waals surface area (Å²) < 4.78 is 43.5. The molecule has 1 fully saturated rings. The molecule has 1 aromatic heterocycles. The molecule has 0 saturated carbocycles. The Bertz CT molecular complexity index is 554. The maximum atomic E-state index is 13.0. The molecule has 1 aliphatic heterocycles. The average molecular weight is 292 g/mol. The number of carboxylic acids is 1. The van der Waals surface area contributed by atoms with Crippen LogP contribution < -0.4 is 0 Å². The number of nitrogens with zero attached hydrogens (tertiary/aromatic N) is 2. The van der Waals surface area contributed by atoms with Crippen molar-refractivity contribution in [2.24, 2.45) is 5.41 Å². The lowest BCUT2D eigenvalue weighted by Crippen LogP contribution is -2.47. The molecule has 20 heavy (non-hydrogen) atoms. The second-order valence-electron chi connectivity index (χ2n) is 4.68. The molecular formula is C11H11F3N2O4. The molecule has 1 unspecified atom stereocenters. The number of carbonyl (C=O) groups excluding carboxylic acids is 1. The predicted molar refractivity (Wildman–Crippen MR) is 57.9 cm³/mol.